The topological polar surface area (TPSA) is 35.6 Å². The van der Waals surface area contributed by atoms with Crippen molar-refractivity contribution in [1.29, 1.82) is 0 Å². The van der Waals surface area contributed by atoms with E-state index in [2.05, 4.69) is 35.9 Å². The average molecular weight is 267 g/mol. The van der Waals surface area contributed by atoms with Gasteiger partial charge < -0.3 is 10.2 Å². The molecule has 2 heterocycles. The van der Waals surface area contributed by atoms with Crippen molar-refractivity contribution < 1.29 is 4.79 Å². The molecule has 2 atom stereocenters. The molecule has 0 aromatic heterocycles. The van der Waals surface area contributed by atoms with Crippen molar-refractivity contribution in [3.63, 3.8) is 0 Å². The molecule has 0 spiro atoms. The lowest BCUT2D eigenvalue weighted by atomic mass is 10.1. The molecule has 0 saturated carbocycles. The van der Waals surface area contributed by atoms with E-state index in [1.807, 2.05) is 0 Å². The fourth-order valence-electron chi connectivity index (χ4n) is 3.16. The summed E-state index contributed by atoms with van der Waals surface area (Å²) >= 11 is 0. The van der Waals surface area contributed by atoms with Gasteiger partial charge >= 0.3 is 0 Å². The minimum absolute atomic E-state index is 0.231. The molecule has 0 aromatic carbocycles. The highest BCUT2D eigenvalue weighted by atomic mass is 16.1. The third kappa shape index (κ3) is 4.18. The normalized spacial score (nSPS) is 29.3. The Morgan fingerprint density at radius 1 is 1.26 bits per heavy atom. The molecule has 2 rings (SSSR count). The van der Waals surface area contributed by atoms with Crippen LogP contribution in [0.3, 0.4) is 0 Å². The molecule has 1 N–H and O–H groups in total. The predicted octanol–water partition coefficient (Wildman–Crippen LogP) is 1.32. The summed E-state index contributed by atoms with van der Waals surface area (Å²) in [6.07, 6.45) is 3.25. The van der Waals surface area contributed by atoms with Gasteiger partial charge in [-0.1, -0.05) is 6.92 Å². The molecule has 19 heavy (non-hydrogen) atoms. The summed E-state index contributed by atoms with van der Waals surface area (Å²) in [6, 6.07) is 0.919. The number of hydrogen-bond donors (Lipinski definition) is 1. The van der Waals surface area contributed by atoms with Crippen LogP contribution in [0, 0.1) is 5.92 Å². The zero-order chi connectivity index (χ0) is 13.8. The van der Waals surface area contributed by atoms with Crippen LogP contribution in [0.4, 0.5) is 0 Å². The highest BCUT2D eigenvalue weighted by molar-refractivity contribution is 5.76. The Morgan fingerprint density at radius 3 is 2.53 bits per heavy atom. The molecule has 2 saturated heterocycles. The van der Waals surface area contributed by atoms with Gasteiger partial charge in [0.05, 0.1) is 0 Å². The van der Waals surface area contributed by atoms with Crippen LogP contribution in [0.1, 0.15) is 40.0 Å². The van der Waals surface area contributed by atoms with Crippen LogP contribution in [-0.2, 0) is 4.79 Å². The number of nitrogens with one attached hydrogen (secondary N) is 1. The average Bonchev–Trinajstić information content (AvgIpc) is 2.97. The Kier molecular flexibility index (Phi) is 5.22. The van der Waals surface area contributed by atoms with E-state index < -0.39 is 0 Å². The van der Waals surface area contributed by atoms with E-state index >= 15 is 0 Å². The number of carbonyl (C=O) groups excluding carboxylic acids is 1. The maximum atomic E-state index is 12.0. The summed E-state index contributed by atoms with van der Waals surface area (Å²) in [7, 11) is 0. The first-order valence-electron chi connectivity index (χ1n) is 7.82. The van der Waals surface area contributed by atoms with Gasteiger partial charge in [-0.15, -0.1) is 0 Å². The summed E-state index contributed by atoms with van der Waals surface area (Å²) in [5.41, 5.74) is 0. The maximum absolute atomic E-state index is 12.0. The molecule has 0 unspecified atom stereocenters. The second kappa shape index (κ2) is 6.71. The van der Waals surface area contributed by atoms with Gasteiger partial charge in [-0.05, 0) is 45.7 Å². The highest BCUT2D eigenvalue weighted by Crippen LogP contribution is 2.18. The number of likely N-dealkylation sites (tertiary alicyclic amines) is 2. The lowest BCUT2D eigenvalue weighted by Crippen LogP contribution is -2.41. The van der Waals surface area contributed by atoms with Gasteiger partial charge in [0.15, 0.2) is 0 Å². The molecule has 2 aliphatic heterocycles. The van der Waals surface area contributed by atoms with Crippen LogP contribution in [0.5, 0.6) is 0 Å². The van der Waals surface area contributed by atoms with E-state index in [0.717, 1.165) is 19.6 Å². The number of hydrogen-bond acceptors (Lipinski definition) is 3. The Morgan fingerprint density at radius 2 is 1.95 bits per heavy atom. The lowest BCUT2D eigenvalue weighted by molar-refractivity contribution is -0.122. The van der Waals surface area contributed by atoms with Crippen LogP contribution >= 0.6 is 0 Å². The number of amides is 1. The summed E-state index contributed by atoms with van der Waals surface area (Å²) in [4.78, 5) is 16.9. The molecule has 0 aromatic rings. The molecular weight excluding hydrogens is 238 g/mol. The van der Waals surface area contributed by atoms with Crippen molar-refractivity contribution in [1.82, 2.24) is 15.1 Å². The van der Waals surface area contributed by atoms with Crippen LogP contribution < -0.4 is 5.32 Å². The van der Waals surface area contributed by atoms with E-state index in [-0.39, 0.29) is 5.91 Å². The zero-order valence-electron chi connectivity index (χ0n) is 12.7. The SMILES string of the molecule is CC(C)N1C[C@H](NC(=O)CCN2CCCC2)[C@@H](C)C1. The van der Waals surface area contributed by atoms with Crippen molar-refractivity contribution in [2.45, 2.75) is 52.1 Å². The number of nitrogens with zero attached hydrogens (tertiary/aromatic N) is 2. The fourth-order valence-corrected chi connectivity index (χ4v) is 3.16. The van der Waals surface area contributed by atoms with Crippen LogP contribution in [-0.4, -0.2) is 60.5 Å². The van der Waals surface area contributed by atoms with E-state index in [1.165, 1.54) is 25.9 Å². The molecule has 0 aliphatic carbocycles. The Bertz CT molecular complexity index is 300. The van der Waals surface area contributed by atoms with Crippen LogP contribution in [0.25, 0.3) is 0 Å². The first kappa shape index (κ1) is 14.8. The molecule has 2 fully saturated rings. The minimum Gasteiger partial charge on any atom is -0.352 e. The van der Waals surface area contributed by atoms with Gasteiger partial charge in [-0.25, -0.2) is 0 Å². The van der Waals surface area contributed by atoms with Crippen molar-refractivity contribution in [3.8, 4) is 0 Å². The van der Waals surface area contributed by atoms with E-state index in [4.69, 9.17) is 0 Å². The Labute approximate surface area is 117 Å². The second-order valence-electron chi connectivity index (χ2n) is 6.50. The summed E-state index contributed by atoms with van der Waals surface area (Å²) in [5.74, 6) is 0.799. The highest BCUT2D eigenvalue weighted by Gasteiger charge is 2.31. The first-order chi connectivity index (χ1) is 9.06. The van der Waals surface area contributed by atoms with Gasteiger partial charge in [0.25, 0.3) is 0 Å². The molecule has 0 radical (unpaired) electrons. The third-order valence-corrected chi connectivity index (χ3v) is 4.57. The number of rotatable bonds is 5. The smallest absolute Gasteiger partial charge is 0.221 e. The van der Waals surface area contributed by atoms with Crippen molar-refractivity contribution in [2.24, 2.45) is 5.92 Å². The summed E-state index contributed by atoms with van der Waals surface area (Å²) in [6.45, 7) is 12.1. The molecule has 2 aliphatic rings. The largest absolute Gasteiger partial charge is 0.352 e. The van der Waals surface area contributed by atoms with Crippen molar-refractivity contribution in [2.75, 3.05) is 32.7 Å². The molecular formula is C15H29N3O. The van der Waals surface area contributed by atoms with E-state index in [1.54, 1.807) is 0 Å². The summed E-state index contributed by atoms with van der Waals surface area (Å²) in [5, 5.41) is 3.23. The lowest BCUT2D eigenvalue weighted by Gasteiger charge is -2.21. The van der Waals surface area contributed by atoms with Crippen LogP contribution in [0.2, 0.25) is 0 Å². The van der Waals surface area contributed by atoms with Crippen molar-refractivity contribution in [3.05, 3.63) is 0 Å². The predicted molar refractivity (Wildman–Crippen MR) is 78.1 cm³/mol. The summed E-state index contributed by atoms with van der Waals surface area (Å²) < 4.78 is 0. The molecule has 110 valence electrons. The molecule has 0 bridgehead atoms. The molecule has 4 heteroatoms. The van der Waals surface area contributed by atoms with Gasteiger partial charge in [-0.3, -0.25) is 9.69 Å². The van der Waals surface area contributed by atoms with E-state index in [0.29, 0.717) is 24.4 Å². The van der Waals surface area contributed by atoms with E-state index in [9.17, 15) is 4.79 Å². The quantitative estimate of drug-likeness (QED) is 0.816. The minimum atomic E-state index is 0.231. The van der Waals surface area contributed by atoms with Gasteiger partial charge in [-0.2, -0.15) is 0 Å². The second-order valence-corrected chi connectivity index (χ2v) is 6.50. The van der Waals surface area contributed by atoms with Gasteiger partial charge in [0.1, 0.15) is 0 Å². The fraction of sp³-hybridized carbons (Fsp3) is 0.933. The third-order valence-electron chi connectivity index (χ3n) is 4.57. The monoisotopic (exact) mass is 267 g/mol. The van der Waals surface area contributed by atoms with Crippen LogP contribution in [0.15, 0.2) is 0 Å². The Balaban J connectivity index is 1.69. The standard InChI is InChI=1S/C15H29N3O/c1-12(2)18-10-13(3)14(11-18)16-15(19)6-9-17-7-4-5-8-17/h12-14H,4-11H2,1-3H3,(H,16,19)/t13-,14-/m0/s1. The maximum Gasteiger partial charge on any atom is 0.221 e. The van der Waals surface area contributed by atoms with Crippen molar-refractivity contribution >= 4 is 5.91 Å². The number of carbonyl (C=O) groups is 1. The van der Waals surface area contributed by atoms with Gasteiger partial charge in [0, 0.05) is 38.1 Å². The first-order valence-corrected chi connectivity index (χ1v) is 7.82. The molecule has 4 nitrogen and oxygen atoms in total. The zero-order valence-corrected chi connectivity index (χ0v) is 12.7. The van der Waals surface area contributed by atoms with Gasteiger partial charge in [0.2, 0.25) is 5.91 Å². The molecule has 1 amide bonds. The Hall–Kier alpha value is -0.610.